The first kappa shape index (κ1) is 13.6. The van der Waals surface area contributed by atoms with Gasteiger partial charge in [0.25, 0.3) is 0 Å². The largest absolute Gasteiger partial charge is 0.411 e. The lowest BCUT2D eigenvalue weighted by molar-refractivity contribution is -0.120. The van der Waals surface area contributed by atoms with Gasteiger partial charge in [-0.15, -0.1) is 0 Å². The molecule has 102 valence electrons. The number of amides is 1. The molecule has 0 saturated heterocycles. The van der Waals surface area contributed by atoms with Gasteiger partial charge in [0.15, 0.2) is 0 Å². The fourth-order valence-electron chi connectivity index (χ4n) is 2.56. The van der Waals surface area contributed by atoms with E-state index in [9.17, 15) is 4.79 Å². The lowest BCUT2D eigenvalue weighted by Gasteiger charge is -2.21. The van der Waals surface area contributed by atoms with Gasteiger partial charge in [-0.25, -0.2) is 0 Å². The molecule has 1 fully saturated rings. The Morgan fingerprint density at radius 3 is 2.63 bits per heavy atom. The topological polar surface area (TPSA) is 61.7 Å². The Morgan fingerprint density at radius 1 is 1.26 bits per heavy atom. The smallest absolute Gasteiger partial charge is 0.227 e. The summed E-state index contributed by atoms with van der Waals surface area (Å²) in [5, 5.41) is 15.0. The highest BCUT2D eigenvalue weighted by molar-refractivity contribution is 6.06. The van der Waals surface area contributed by atoms with Crippen molar-refractivity contribution >= 4 is 17.3 Å². The van der Waals surface area contributed by atoms with E-state index >= 15 is 0 Å². The van der Waals surface area contributed by atoms with E-state index in [0.717, 1.165) is 31.2 Å². The van der Waals surface area contributed by atoms with E-state index in [1.54, 1.807) is 6.92 Å². The van der Waals surface area contributed by atoms with Crippen molar-refractivity contribution in [3.05, 3.63) is 29.8 Å². The van der Waals surface area contributed by atoms with E-state index in [-0.39, 0.29) is 11.8 Å². The fourth-order valence-corrected chi connectivity index (χ4v) is 2.56. The Labute approximate surface area is 113 Å². The van der Waals surface area contributed by atoms with Gasteiger partial charge in [0.1, 0.15) is 0 Å². The number of oxime groups is 1. The first-order valence-electron chi connectivity index (χ1n) is 6.81. The third-order valence-corrected chi connectivity index (χ3v) is 3.70. The minimum absolute atomic E-state index is 0.0814. The highest BCUT2D eigenvalue weighted by atomic mass is 16.4. The molecule has 4 heteroatoms. The average Bonchev–Trinajstić information content (AvgIpc) is 2.48. The summed E-state index contributed by atoms with van der Waals surface area (Å²) in [6.45, 7) is 1.71. The Hall–Kier alpha value is -1.84. The second kappa shape index (κ2) is 6.36. The quantitative estimate of drug-likeness (QED) is 0.497. The van der Waals surface area contributed by atoms with E-state index in [4.69, 9.17) is 5.21 Å². The molecule has 0 unspecified atom stereocenters. The van der Waals surface area contributed by atoms with Gasteiger partial charge < -0.3 is 10.5 Å². The van der Waals surface area contributed by atoms with Crippen molar-refractivity contribution < 1.29 is 10.0 Å². The maximum atomic E-state index is 12.2. The number of benzene rings is 1. The SMILES string of the molecule is C/C(=N\O)c1ccccc1NC(=O)C1CCCCC1. The maximum absolute atomic E-state index is 12.2. The molecule has 2 rings (SSSR count). The van der Waals surface area contributed by atoms with E-state index in [2.05, 4.69) is 10.5 Å². The van der Waals surface area contributed by atoms with Gasteiger partial charge in [0.05, 0.1) is 5.71 Å². The molecular weight excluding hydrogens is 240 g/mol. The van der Waals surface area contributed by atoms with Gasteiger partial charge in [-0.05, 0) is 25.8 Å². The molecule has 4 nitrogen and oxygen atoms in total. The van der Waals surface area contributed by atoms with Crippen LogP contribution >= 0.6 is 0 Å². The van der Waals surface area contributed by atoms with Crippen LogP contribution in [0.25, 0.3) is 0 Å². The van der Waals surface area contributed by atoms with Gasteiger partial charge in [-0.1, -0.05) is 42.6 Å². The first-order valence-corrected chi connectivity index (χ1v) is 6.81. The zero-order chi connectivity index (χ0) is 13.7. The number of para-hydroxylation sites is 1. The third-order valence-electron chi connectivity index (χ3n) is 3.70. The van der Waals surface area contributed by atoms with Crippen molar-refractivity contribution in [2.75, 3.05) is 5.32 Å². The van der Waals surface area contributed by atoms with Crippen molar-refractivity contribution in [1.82, 2.24) is 0 Å². The van der Waals surface area contributed by atoms with Crippen LogP contribution in [0.5, 0.6) is 0 Å². The molecular formula is C15H20N2O2. The summed E-state index contributed by atoms with van der Waals surface area (Å²) in [6.07, 6.45) is 5.45. The molecule has 0 radical (unpaired) electrons. The summed E-state index contributed by atoms with van der Waals surface area (Å²) in [6, 6.07) is 7.40. The van der Waals surface area contributed by atoms with Crippen molar-refractivity contribution in [2.24, 2.45) is 11.1 Å². The number of nitrogens with zero attached hydrogens (tertiary/aromatic N) is 1. The van der Waals surface area contributed by atoms with Crippen molar-refractivity contribution in [3.8, 4) is 0 Å². The minimum atomic E-state index is 0.0814. The van der Waals surface area contributed by atoms with Crippen molar-refractivity contribution in [2.45, 2.75) is 39.0 Å². The van der Waals surface area contributed by atoms with Crippen LogP contribution in [0.3, 0.4) is 0 Å². The second-order valence-corrected chi connectivity index (χ2v) is 5.06. The highest BCUT2D eigenvalue weighted by Gasteiger charge is 2.21. The van der Waals surface area contributed by atoms with E-state index < -0.39 is 0 Å². The molecule has 0 heterocycles. The number of rotatable bonds is 3. The zero-order valence-electron chi connectivity index (χ0n) is 11.2. The van der Waals surface area contributed by atoms with Crippen molar-refractivity contribution in [3.63, 3.8) is 0 Å². The molecule has 1 aromatic rings. The number of carbonyl (C=O) groups is 1. The summed E-state index contributed by atoms with van der Waals surface area (Å²) >= 11 is 0. The van der Waals surface area contributed by atoms with Gasteiger partial charge in [-0.2, -0.15) is 0 Å². The summed E-state index contributed by atoms with van der Waals surface area (Å²) in [5.74, 6) is 0.200. The number of hydrogen-bond donors (Lipinski definition) is 2. The number of anilines is 1. The van der Waals surface area contributed by atoms with E-state index in [1.165, 1.54) is 6.42 Å². The Morgan fingerprint density at radius 2 is 1.95 bits per heavy atom. The highest BCUT2D eigenvalue weighted by Crippen LogP contribution is 2.25. The lowest BCUT2D eigenvalue weighted by Crippen LogP contribution is -2.25. The van der Waals surface area contributed by atoms with Gasteiger partial charge in [0, 0.05) is 17.2 Å². The van der Waals surface area contributed by atoms with E-state index in [0.29, 0.717) is 11.4 Å². The standard InChI is InChI=1S/C15H20N2O2/c1-11(17-19)13-9-5-6-10-14(13)16-15(18)12-7-3-2-4-8-12/h5-6,9-10,12,19H,2-4,7-8H2,1H3,(H,16,18)/b17-11+. The monoisotopic (exact) mass is 260 g/mol. The van der Waals surface area contributed by atoms with Crippen LogP contribution in [-0.2, 0) is 4.79 Å². The second-order valence-electron chi connectivity index (χ2n) is 5.06. The van der Waals surface area contributed by atoms with Gasteiger partial charge >= 0.3 is 0 Å². The number of nitrogens with one attached hydrogen (secondary N) is 1. The lowest BCUT2D eigenvalue weighted by atomic mass is 9.88. The molecule has 0 bridgehead atoms. The van der Waals surface area contributed by atoms with E-state index in [1.807, 2.05) is 24.3 Å². The molecule has 0 aromatic heterocycles. The van der Waals surface area contributed by atoms with Crippen molar-refractivity contribution in [1.29, 1.82) is 0 Å². The summed E-state index contributed by atoms with van der Waals surface area (Å²) in [5.41, 5.74) is 1.97. The van der Waals surface area contributed by atoms with Crippen LogP contribution in [0.15, 0.2) is 29.4 Å². The van der Waals surface area contributed by atoms with Crippen LogP contribution in [0.1, 0.15) is 44.6 Å². The first-order chi connectivity index (χ1) is 9.22. The Kier molecular flexibility index (Phi) is 4.55. The molecule has 0 atom stereocenters. The minimum Gasteiger partial charge on any atom is -0.411 e. The zero-order valence-corrected chi connectivity index (χ0v) is 11.2. The molecule has 1 aliphatic rings. The van der Waals surface area contributed by atoms with Gasteiger partial charge in [0.2, 0.25) is 5.91 Å². The molecule has 0 aliphatic heterocycles. The fraction of sp³-hybridized carbons (Fsp3) is 0.467. The number of carbonyl (C=O) groups excluding carboxylic acids is 1. The molecule has 1 aromatic carbocycles. The summed E-state index contributed by atoms with van der Waals surface area (Å²) < 4.78 is 0. The maximum Gasteiger partial charge on any atom is 0.227 e. The molecule has 2 N–H and O–H groups in total. The number of hydrogen-bond acceptors (Lipinski definition) is 3. The molecule has 19 heavy (non-hydrogen) atoms. The average molecular weight is 260 g/mol. The Balaban J connectivity index is 2.12. The molecule has 1 aliphatic carbocycles. The predicted molar refractivity (Wildman–Crippen MR) is 75.6 cm³/mol. The molecule has 0 spiro atoms. The predicted octanol–water partition coefficient (Wildman–Crippen LogP) is 3.40. The van der Waals surface area contributed by atoms with Crippen LogP contribution in [-0.4, -0.2) is 16.8 Å². The van der Waals surface area contributed by atoms with Gasteiger partial charge in [-0.3, -0.25) is 4.79 Å². The normalized spacial score (nSPS) is 17.2. The van der Waals surface area contributed by atoms with Crippen LogP contribution < -0.4 is 5.32 Å². The van der Waals surface area contributed by atoms with Crippen LogP contribution in [0.2, 0.25) is 0 Å². The van der Waals surface area contributed by atoms with Crippen LogP contribution in [0, 0.1) is 5.92 Å². The summed E-state index contributed by atoms with van der Waals surface area (Å²) in [7, 11) is 0. The summed E-state index contributed by atoms with van der Waals surface area (Å²) in [4.78, 5) is 12.2. The Bertz CT molecular complexity index is 477. The molecule has 1 amide bonds. The third kappa shape index (κ3) is 3.34. The molecule has 1 saturated carbocycles. The van der Waals surface area contributed by atoms with Crippen LogP contribution in [0.4, 0.5) is 5.69 Å².